The molecule has 2 heterocycles. The number of carbonyl (C=O) groups is 1. The van der Waals surface area contributed by atoms with Gasteiger partial charge < -0.3 is 15.4 Å². The number of halogens is 1. The molecular formula is C18H21ClN4O4. The van der Waals surface area contributed by atoms with Crippen molar-refractivity contribution in [3.63, 3.8) is 0 Å². The summed E-state index contributed by atoms with van der Waals surface area (Å²) in [5, 5.41) is 0.558. The Morgan fingerprint density at radius 2 is 2.19 bits per heavy atom. The third-order valence-corrected chi connectivity index (χ3v) is 4.82. The summed E-state index contributed by atoms with van der Waals surface area (Å²) < 4.78 is 6.97. The summed E-state index contributed by atoms with van der Waals surface area (Å²) in [6.45, 7) is 2.33. The number of amides is 1. The topological polar surface area (TPSA) is 110 Å². The number of hydrogen-bond acceptors (Lipinski definition) is 5. The summed E-state index contributed by atoms with van der Waals surface area (Å²) in [5.41, 5.74) is 5.52. The molecule has 9 heteroatoms. The average Bonchev–Trinajstić information content (AvgIpc) is 3.03. The molecule has 0 saturated heterocycles. The maximum Gasteiger partial charge on any atom is 0.330 e. The Bertz CT molecular complexity index is 998. The van der Waals surface area contributed by atoms with E-state index >= 15 is 0 Å². The molecule has 0 saturated carbocycles. The fraction of sp³-hybridized carbons (Fsp3) is 0.389. The second-order valence-electron chi connectivity index (χ2n) is 6.46. The molecule has 1 aliphatic heterocycles. The zero-order valence-corrected chi connectivity index (χ0v) is 15.9. The average molecular weight is 393 g/mol. The number of unbranched alkanes of at least 4 members (excludes halogenated alkanes) is 1. The second-order valence-corrected chi connectivity index (χ2v) is 6.89. The van der Waals surface area contributed by atoms with Crippen molar-refractivity contribution in [2.24, 2.45) is 0 Å². The number of nitrogens with zero attached hydrogens (tertiary/aromatic N) is 2. The maximum absolute atomic E-state index is 12.9. The van der Waals surface area contributed by atoms with Crippen LogP contribution in [0.2, 0.25) is 5.02 Å². The molecule has 1 amide bonds. The van der Waals surface area contributed by atoms with Crippen LogP contribution in [-0.2, 0) is 17.8 Å². The number of benzene rings is 1. The van der Waals surface area contributed by atoms with Gasteiger partial charge in [-0.2, -0.15) is 0 Å². The van der Waals surface area contributed by atoms with Crippen molar-refractivity contribution in [2.75, 3.05) is 17.7 Å². The van der Waals surface area contributed by atoms with E-state index in [4.69, 9.17) is 22.1 Å². The van der Waals surface area contributed by atoms with Crippen molar-refractivity contribution >= 4 is 29.0 Å². The van der Waals surface area contributed by atoms with E-state index in [1.54, 1.807) is 18.2 Å². The third-order valence-electron chi connectivity index (χ3n) is 4.59. The van der Waals surface area contributed by atoms with Crippen LogP contribution in [0.3, 0.4) is 0 Å². The number of nitrogens with one attached hydrogen (secondary N) is 1. The zero-order chi connectivity index (χ0) is 19.7. The first kappa shape index (κ1) is 19.0. The van der Waals surface area contributed by atoms with Crippen molar-refractivity contribution in [3.05, 3.63) is 49.6 Å². The molecule has 2 aromatic rings. The molecule has 3 rings (SSSR count). The smallest absolute Gasteiger partial charge is 0.330 e. The van der Waals surface area contributed by atoms with Crippen molar-refractivity contribution in [2.45, 2.75) is 38.8 Å². The fourth-order valence-electron chi connectivity index (χ4n) is 3.12. The van der Waals surface area contributed by atoms with Crippen molar-refractivity contribution in [1.82, 2.24) is 9.55 Å². The Kier molecular flexibility index (Phi) is 5.27. The number of rotatable bonds is 5. The lowest BCUT2D eigenvalue weighted by atomic mass is 10.1. The van der Waals surface area contributed by atoms with Gasteiger partial charge in [0.05, 0.1) is 0 Å². The van der Waals surface area contributed by atoms with E-state index in [-0.39, 0.29) is 11.5 Å². The van der Waals surface area contributed by atoms with Crippen LogP contribution >= 0.6 is 11.6 Å². The summed E-state index contributed by atoms with van der Waals surface area (Å²) in [6, 6.07) is 5.14. The van der Waals surface area contributed by atoms with Crippen LogP contribution in [-0.4, -0.2) is 28.6 Å². The van der Waals surface area contributed by atoms with Gasteiger partial charge in [0.2, 0.25) is 0 Å². The van der Waals surface area contributed by atoms with E-state index in [0.717, 1.165) is 23.3 Å². The van der Waals surface area contributed by atoms with Crippen LogP contribution < -0.4 is 26.6 Å². The highest BCUT2D eigenvalue weighted by atomic mass is 35.5. The molecule has 1 aliphatic rings. The SMILES string of the molecule is CCCCn1c(N)c(N(C)C(=O)C2Cc3cc(Cl)ccc3O2)c(=O)[nH]c1=O. The van der Waals surface area contributed by atoms with Gasteiger partial charge in [0, 0.05) is 25.0 Å². The summed E-state index contributed by atoms with van der Waals surface area (Å²) in [7, 11) is 1.44. The maximum atomic E-state index is 12.9. The molecule has 1 unspecified atom stereocenters. The number of hydrogen-bond donors (Lipinski definition) is 2. The molecule has 144 valence electrons. The zero-order valence-electron chi connectivity index (χ0n) is 15.1. The molecule has 0 bridgehead atoms. The summed E-state index contributed by atoms with van der Waals surface area (Å²) in [4.78, 5) is 40.6. The molecular weight excluding hydrogens is 372 g/mol. The Hall–Kier alpha value is -2.74. The van der Waals surface area contributed by atoms with Gasteiger partial charge in [-0.3, -0.25) is 19.1 Å². The Balaban J connectivity index is 1.90. The highest BCUT2D eigenvalue weighted by molar-refractivity contribution is 6.30. The third kappa shape index (κ3) is 3.57. The van der Waals surface area contributed by atoms with Gasteiger partial charge in [-0.25, -0.2) is 4.79 Å². The highest BCUT2D eigenvalue weighted by Crippen LogP contribution is 2.32. The molecule has 0 spiro atoms. The molecule has 0 radical (unpaired) electrons. The van der Waals surface area contributed by atoms with Crippen LogP contribution in [0.25, 0.3) is 0 Å². The molecule has 0 aliphatic carbocycles. The highest BCUT2D eigenvalue weighted by Gasteiger charge is 2.33. The van der Waals surface area contributed by atoms with Gasteiger partial charge in [-0.15, -0.1) is 0 Å². The number of likely N-dealkylation sites (N-methyl/N-ethyl adjacent to an activating group) is 1. The minimum absolute atomic E-state index is 0.0356. The first-order valence-corrected chi connectivity index (χ1v) is 9.06. The van der Waals surface area contributed by atoms with Crippen molar-refractivity contribution < 1.29 is 9.53 Å². The van der Waals surface area contributed by atoms with Crippen LogP contribution in [0.5, 0.6) is 5.75 Å². The summed E-state index contributed by atoms with van der Waals surface area (Å²) in [6.07, 6.45) is 1.12. The molecule has 27 heavy (non-hydrogen) atoms. The van der Waals surface area contributed by atoms with Crippen molar-refractivity contribution in [3.8, 4) is 5.75 Å². The van der Waals surface area contributed by atoms with Gasteiger partial charge in [0.25, 0.3) is 11.5 Å². The number of anilines is 2. The molecule has 1 atom stereocenters. The lowest BCUT2D eigenvalue weighted by Gasteiger charge is -2.22. The number of aromatic nitrogens is 2. The minimum Gasteiger partial charge on any atom is -0.480 e. The second kappa shape index (κ2) is 7.48. The van der Waals surface area contributed by atoms with E-state index in [2.05, 4.69) is 4.98 Å². The number of ether oxygens (including phenoxy) is 1. The molecule has 8 nitrogen and oxygen atoms in total. The van der Waals surface area contributed by atoms with Crippen LogP contribution in [0, 0.1) is 0 Å². The fourth-order valence-corrected chi connectivity index (χ4v) is 3.32. The Morgan fingerprint density at radius 1 is 1.44 bits per heavy atom. The van der Waals surface area contributed by atoms with Gasteiger partial charge >= 0.3 is 5.69 Å². The molecule has 0 fully saturated rings. The number of nitrogen functional groups attached to an aromatic ring is 1. The lowest BCUT2D eigenvalue weighted by molar-refractivity contribution is -0.124. The number of carbonyl (C=O) groups excluding carboxylic acids is 1. The van der Waals surface area contributed by atoms with Crippen molar-refractivity contribution in [1.29, 1.82) is 0 Å². The normalized spacial score (nSPS) is 15.3. The number of H-pyrrole nitrogens is 1. The van der Waals surface area contributed by atoms with Gasteiger partial charge in [-0.1, -0.05) is 24.9 Å². The molecule has 1 aromatic carbocycles. The minimum atomic E-state index is -0.793. The van der Waals surface area contributed by atoms with Crippen LogP contribution in [0.15, 0.2) is 27.8 Å². The number of nitrogens with two attached hydrogens (primary N) is 1. The van der Waals surface area contributed by atoms with E-state index in [1.807, 2.05) is 6.92 Å². The van der Waals surface area contributed by atoms with Gasteiger partial charge in [-0.05, 0) is 30.2 Å². The van der Waals surface area contributed by atoms with Crippen LogP contribution in [0.1, 0.15) is 25.3 Å². The first-order chi connectivity index (χ1) is 12.8. The van der Waals surface area contributed by atoms with Crippen LogP contribution in [0.4, 0.5) is 11.5 Å². The first-order valence-electron chi connectivity index (χ1n) is 8.68. The lowest BCUT2D eigenvalue weighted by Crippen LogP contribution is -2.44. The standard InChI is InChI=1S/C18H21ClN4O4/c1-3-4-7-23-15(20)14(16(24)21-18(23)26)22(2)17(25)13-9-10-8-11(19)5-6-12(10)27-13/h5-6,8,13H,3-4,7,9,20H2,1-2H3,(H,21,24,26). The van der Waals surface area contributed by atoms with E-state index in [9.17, 15) is 14.4 Å². The van der Waals surface area contributed by atoms with E-state index in [0.29, 0.717) is 23.7 Å². The van der Waals surface area contributed by atoms with Gasteiger partial charge in [0.15, 0.2) is 11.8 Å². The molecule has 1 aromatic heterocycles. The predicted octanol–water partition coefficient (Wildman–Crippen LogP) is 1.54. The molecule has 3 N–H and O–H groups in total. The van der Waals surface area contributed by atoms with Gasteiger partial charge in [0.1, 0.15) is 11.6 Å². The number of aromatic amines is 1. The Labute approximate surface area is 160 Å². The largest absolute Gasteiger partial charge is 0.480 e. The number of fused-ring (bicyclic) bond motifs is 1. The summed E-state index contributed by atoms with van der Waals surface area (Å²) in [5.74, 6) is 0.118. The Morgan fingerprint density at radius 3 is 2.89 bits per heavy atom. The van der Waals surface area contributed by atoms with E-state index < -0.39 is 23.3 Å². The quantitative estimate of drug-likeness (QED) is 0.801. The predicted molar refractivity (Wildman–Crippen MR) is 104 cm³/mol. The monoisotopic (exact) mass is 392 g/mol. The van der Waals surface area contributed by atoms with E-state index in [1.165, 1.54) is 11.6 Å². The summed E-state index contributed by atoms with van der Waals surface area (Å²) >= 11 is 5.98.